The van der Waals surface area contributed by atoms with Gasteiger partial charge in [-0.1, -0.05) is 54.6 Å². The molecule has 0 saturated carbocycles. The molecule has 6 nitrogen and oxygen atoms in total. The van der Waals surface area contributed by atoms with Gasteiger partial charge in [0.25, 0.3) is 0 Å². The molecule has 1 aromatic heterocycles. The predicted molar refractivity (Wildman–Crippen MR) is 108 cm³/mol. The normalized spacial score (nSPS) is 18.2. The summed E-state index contributed by atoms with van der Waals surface area (Å²) in [5, 5.41) is 11.6. The van der Waals surface area contributed by atoms with Crippen molar-refractivity contribution in [2.75, 3.05) is 10.7 Å². The second-order valence-corrected chi connectivity index (χ2v) is 7.80. The van der Waals surface area contributed by atoms with Crippen molar-refractivity contribution in [1.29, 1.82) is 0 Å². The van der Waals surface area contributed by atoms with Crippen molar-refractivity contribution >= 4 is 35.0 Å². The van der Waals surface area contributed by atoms with E-state index in [1.807, 2.05) is 19.1 Å². The highest BCUT2D eigenvalue weighted by atomic mass is 35.5. The first-order valence-corrected chi connectivity index (χ1v) is 10.0. The van der Waals surface area contributed by atoms with E-state index >= 15 is 0 Å². The van der Waals surface area contributed by atoms with Gasteiger partial charge in [-0.05, 0) is 29.8 Å². The van der Waals surface area contributed by atoms with Gasteiger partial charge in [-0.3, -0.25) is 4.79 Å². The number of benzene rings is 2. The standard InChI is InChI=1S/C19H17ClFN5OS/c1-2-15-23-24-19-26(15)25-16(11-7-9-12(20)10-8-11)17(28-19)18(27)22-14-6-4-3-5-13(14)21/h3-10,16-17,25H,2H2,1H3,(H,22,27)/t16-,17+/m0/s1. The van der Waals surface area contributed by atoms with Crippen LogP contribution in [-0.2, 0) is 11.2 Å². The number of nitrogens with zero attached hydrogens (tertiary/aromatic N) is 3. The van der Waals surface area contributed by atoms with Crippen molar-refractivity contribution in [3.05, 3.63) is 70.8 Å². The van der Waals surface area contributed by atoms with E-state index in [0.29, 0.717) is 16.6 Å². The minimum atomic E-state index is -0.581. The molecule has 2 heterocycles. The van der Waals surface area contributed by atoms with Gasteiger partial charge in [0.05, 0.1) is 11.7 Å². The molecular weight excluding hydrogens is 401 g/mol. The molecular formula is C19H17ClFN5OS. The number of para-hydroxylation sites is 1. The third kappa shape index (κ3) is 3.57. The number of fused-ring (bicyclic) bond motifs is 1. The number of halogens is 2. The molecule has 0 fully saturated rings. The van der Waals surface area contributed by atoms with Gasteiger partial charge in [-0.25, -0.2) is 9.07 Å². The SMILES string of the molecule is CCc1nnc2n1N[C@@H](c1ccc(Cl)cc1)[C@H](C(=O)Nc1ccccc1F)S2. The summed E-state index contributed by atoms with van der Waals surface area (Å²) in [7, 11) is 0. The summed E-state index contributed by atoms with van der Waals surface area (Å²) in [4.78, 5) is 13.0. The average Bonchev–Trinajstić information content (AvgIpc) is 3.11. The maximum Gasteiger partial charge on any atom is 0.240 e. The number of anilines is 1. The van der Waals surface area contributed by atoms with Crippen LogP contribution in [0, 0.1) is 5.82 Å². The fraction of sp³-hybridized carbons (Fsp3) is 0.211. The minimum Gasteiger partial charge on any atom is -0.323 e. The van der Waals surface area contributed by atoms with Crippen LogP contribution in [0.25, 0.3) is 0 Å². The maximum absolute atomic E-state index is 14.0. The summed E-state index contributed by atoms with van der Waals surface area (Å²) in [6.07, 6.45) is 0.694. The van der Waals surface area contributed by atoms with E-state index in [9.17, 15) is 9.18 Å². The van der Waals surface area contributed by atoms with Crippen molar-refractivity contribution < 1.29 is 9.18 Å². The number of amides is 1. The number of carbonyl (C=O) groups is 1. The van der Waals surface area contributed by atoms with E-state index in [0.717, 1.165) is 11.4 Å². The first-order chi connectivity index (χ1) is 13.6. The number of aryl methyl sites for hydroxylation is 1. The summed E-state index contributed by atoms with van der Waals surface area (Å²) >= 11 is 7.31. The van der Waals surface area contributed by atoms with Crippen molar-refractivity contribution in [3.8, 4) is 0 Å². The van der Waals surface area contributed by atoms with Gasteiger partial charge in [0.2, 0.25) is 11.1 Å². The summed E-state index contributed by atoms with van der Waals surface area (Å²) < 4.78 is 15.8. The lowest BCUT2D eigenvalue weighted by Crippen LogP contribution is -2.41. The average molecular weight is 418 g/mol. The van der Waals surface area contributed by atoms with Gasteiger partial charge >= 0.3 is 0 Å². The molecule has 0 spiro atoms. The summed E-state index contributed by atoms with van der Waals surface area (Å²) in [5.74, 6) is -0.0339. The fourth-order valence-corrected chi connectivity index (χ4v) is 4.24. The monoisotopic (exact) mass is 417 g/mol. The second-order valence-electron chi connectivity index (χ2n) is 6.25. The van der Waals surface area contributed by atoms with Crippen LogP contribution in [0.15, 0.2) is 53.7 Å². The Hall–Kier alpha value is -2.58. The smallest absolute Gasteiger partial charge is 0.240 e. The Morgan fingerprint density at radius 2 is 2.00 bits per heavy atom. The lowest BCUT2D eigenvalue weighted by molar-refractivity contribution is -0.116. The highest BCUT2D eigenvalue weighted by Gasteiger charge is 2.37. The minimum absolute atomic E-state index is 0.143. The van der Waals surface area contributed by atoms with Crippen LogP contribution in [0.4, 0.5) is 10.1 Å². The van der Waals surface area contributed by atoms with Gasteiger partial charge in [-0.15, -0.1) is 10.2 Å². The molecule has 0 unspecified atom stereocenters. The largest absolute Gasteiger partial charge is 0.323 e. The summed E-state index contributed by atoms with van der Waals surface area (Å²) in [5.41, 5.74) is 4.36. The third-order valence-corrected chi connectivity index (χ3v) is 5.91. The van der Waals surface area contributed by atoms with E-state index in [2.05, 4.69) is 20.9 Å². The number of hydrogen-bond acceptors (Lipinski definition) is 5. The highest BCUT2D eigenvalue weighted by molar-refractivity contribution is 8.00. The quantitative estimate of drug-likeness (QED) is 0.670. The van der Waals surface area contributed by atoms with Crippen molar-refractivity contribution in [2.24, 2.45) is 0 Å². The molecule has 0 bridgehead atoms. The number of carbonyl (C=O) groups excluding carboxylic acids is 1. The van der Waals surface area contributed by atoms with Crippen LogP contribution < -0.4 is 10.7 Å². The molecule has 1 amide bonds. The molecule has 2 N–H and O–H groups in total. The van der Waals surface area contributed by atoms with Gasteiger partial charge in [0.15, 0.2) is 5.82 Å². The van der Waals surface area contributed by atoms with E-state index in [-0.39, 0.29) is 17.6 Å². The Bertz CT molecular complexity index is 1010. The molecule has 0 aliphatic carbocycles. The van der Waals surface area contributed by atoms with Crippen LogP contribution >= 0.6 is 23.4 Å². The number of hydrogen-bond donors (Lipinski definition) is 2. The number of aromatic nitrogens is 3. The molecule has 3 aromatic rings. The van der Waals surface area contributed by atoms with Crippen molar-refractivity contribution in [2.45, 2.75) is 29.8 Å². The molecule has 28 heavy (non-hydrogen) atoms. The van der Waals surface area contributed by atoms with E-state index in [4.69, 9.17) is 11.6 Å². The van der Waals surface area contributed by atoms with Crippen LogP contribution in [0.3, 0.4) is 0 Å². The van der Waals surface area contributed by atoms with Gasteiger partial charge < -0.3 is 10.7 Å². The van der Waals surface area contributed by atoms with Crippen molar-refractivity contribution in [3.63, 3.8) is 0 Å². The van der Waals surface area contributed by atoms with E-state index in [1.54, 1.807) is 28.9 Å². The van der Waals surface area contributed by atoms with Crippen LogP contribution in [0.1, 0.15) is 24.4 Å². The number of nitrogens with one attached hydrogen (secondary N) is 2. The molecule has 1 aliphatic rings. The Labute approximate surface area is 170 Å². The summed E-state index contributed by atoms with van der Waals surface area (Å²) in [6.45, 7) is 1.98. The molecule has 4 rings (SSSR count). The van der Waals surface area contributed by atoms with Gasteiger partial charge in [0.1, 0.15) is 11.1 Å². The molecule has 9 heteroatoms. The Balaban J connectivity index is 1.68. The van der Waals surface area contributed by atoms with Crippen LogP contribution in [0.5, 0.6) is 0 Å². The first-order valence-electron chi connectivity index (χ1n) is 8.75. The molecule has 0 saturated heterocycles. The second kappa shape index (κ2) is 7.81. The number of rotatable bonds is 4. The van der Waals surface area contributed by atoms with Crippen LogP contribution in [-0.4, -0.2) is 26.0 Å². The Morgan fingerprint density at radius 3 is 2.71 bits per heavy atom. The fourth-order valence-electron chi connectivity index (χ4n) is 3.01. The zero-order valence-corrected chi connectivity index (χ0v) is 16.5. The Kier molecular flexibility index (Phi) is 5.23. The molecule has 0 radical (unpaired) electrons. The van der Waals surface area contributed by atoms with E-state index in [1.165, 1.54) is 23.9 Å². The Morgan fingerprint density at radius 1 is 1.25 bits per heavy atom. The first kappa shape index (κ1) is 18.8. The lowest BCUT2D eigenvalue weighted by atomic mass is 10.0. The molecule has 2 atom stereocenters. The van der Waals surface area contributed by atoms with Crippen LogP contribution in [0.2, 0.25) is 5.02 Å². The molecule has 2 aromatic carbocycles. The topological polar surface area (TPSA) is 71.8 Å². The molecule has 1 aliphatic heterocycles. The summed E-state index contributed by atoms with van der Waals surface area (Å²) in [6, 6.07) is 13.0. The van der Waals surface area contributed by atoms with Gasteiger partial charge in [-0.2, -0.15) is 0 Å². The highest BCUT2D eigenvalue weighted by Crippen LogP contribution is 2.38. The predicted octanol–water partition coefficient (Wildman–Crippen LogP) is 4.03. The third-order valence-electron chi connectivity index (χ3n) is 4.44. The number of thioether (sulfide) groups is 1. The van der Waals surface area contributed by atoms with Gasteiger partial charge in [0, 0.05) is 11.4 Å². The lowest BCUT2D eigenvalue weighted by Gasteiger charge is -2.33. The zero-order valence-electron chi connectivity index (χ0n) is 14.9. The maximum atomic E-state index is 14.0. The zero-order chi connectivity index (χ0) is 19.7. The van der Waals surface area contributed by atoms with Crippen molar-refractivity contribution in [1.82, 2.24) is 14.9 Å². The molecule has 144 valence electrons. The van der Waals surface area contributed by atoms with E-state index < -0.39 is 11.1 Å².